The van der Waals surface area contributed by atoms with E-state index in [0.717, 1.165) is 12.3 Å². The van der Waals surface area contributed by atoms with Crippen molar-refractivity contribution in [2.75, 3.05) is 30.4 Å². The van der Waals surface area contributed by atoms with Crippen molar-refractivity contribution in [3.05, 3.63) is 76.8 Å². The normalized spacial score (nSPS) is 17.2. The number of carbonyl (C=O) groups excluding carboxylic acids is 2. The molecule has 1 aliphatic heterocycles. The van der Waals surface area contributed by atoms with E-state index < -0.39 is 65.7 Å². The monoisotopic (exact) mass is 671 g/mol. The summed E-state index contributed by atoms with van der Waals surface area (Å²) in [4.78, 5) is 34.0. The van der Waals surface area contributed by atoms with Gasteiger partial charge in [-0.05, 0) is 29.8 Å². The van der Waals surface area contributed by atoms with E-state index in [1.165, 1.54) is 48.4 Å². The molecule has 1 fully saturated rings. The first-order valence-electron chi connectivity index (χ1n) is 13.5. The fraction of sp³-hybridized carbons (Fsp3) is 0.357. The van der Waals surface area contributed by atoms with Crippen molar-refractivity contribution >= 4 is 39.3 Å². The average molecular weight is 672 g/mol. The number of carbonyl (C=O) groups is 2. The van der Waals surface area contributed by atoms with Crippen LogP contribution in [0.4, 0.5) is 23.8 Å². The zero-order chi connectivity index (χ0) is 32.7. The van der Waals surface area contributed by atoms with Gasteiger partial charge < -0.3 is 30.2 Å². The van der Waals surface area contributed by atoms with E-state index in [1.54, 1.807) is 6.07 Å². The summed E-state index contributed by atoms with van der Waals surface area (Å²) in [5, 5.41) is 2.98. The van der Waals surface area contributed by atoms with Gasteiger partial charge in [0.1, 0.15) is 12.7 Å². The molecule has 17 heteroatoms. The summed E-state index contributed by atoms with van der Waals surface area (Å²) in [6, 6.07) is 7.85. The van der Waals surface area contributed by atoms with E-state index in [9.17, 15) is 26.8 Å². The van der Waals surface area contributed by atoms with Crippen LogP contribution in [0.3, 0.4) is 0 Å². The van der Waals surface area contributed by atoms with Crippen molar-refractivity contribution in [1.82, 2.24) is 15.3 Å². The van der Waals surface area contributed by atoms with Crippen molar-refractivity contribution in [2.45, 2.75) is 43.0 Å². The van der Waals surface area contributed by atoms with Crippen LogP contribution < -0.4 is 20.7 Å². The van der Waals surface area contributed by atoms with Crippen molar-refractivity contribution in [1.29, 1.82) is 0 Å². The van der Waals surface area contributed by atoms with Gasteiger partial charge in [-0.3, -0.25) is 4.79 Å². The van der Waals surface area contributed by atoms with Crippen molar-refractivity contribution in [3.8, 4) is 5.88 Å². The second-order valence-electron chi connectivity index (χ2n) is 9.85. The van der Waals surface area contributed by atoms with E-state index >= 15 is 4.39 Å². The summed E-state index contributed by atoms with van der Waals surface area (Å²) in [6.07, 6.45) is 0.958. The van der Waals surface area contributed by atoms with E-state index in [4.69, 9.17) is 26.8 Å². The minimum absolute atomic E-state index is 0.0489. The summed E-state index contributed by atoms with van der Waals surface area (Å²) in [5.74, 6) is -1.82. The number of hydrogen-bond donors (Lipinski definition) is 2. The number of primary amides is 1. The Morgan fingerprint density at radius 3 is 2.49 bits per heavy atom. The highest BCUT2D eigenvalue weighted by molar-refractivity contribution is 7.91. The number of alkyl halides is 2. The lowest BCUT2D eigenvalue weighted by atomic mass is 10.1. The van der Waals surface area contributed by atoms with Crippen LogP contribution in [0.2, 0.25) is 5.02 Å². The molecular weight excluding hydrogens is 643 g/mol. The number of benzene rings is 1. The van der Waals surface area contributed by atoms with E-state index in [1.807, 2.05) is 0 Å². The van der Waals surface area contributed by atoms with E-state index in [2.05, 4.69) is 20.0 Å². The van der Waals surface area contributed by atoms with Gasteiger partial charge in [-0.25, -0.2) is 27.6 Å². The Morgan fingerprint density at radius 2 is 1.89 bits per heavy atom. The SMILES string of the molecule is CCS(=O)(=O)c1ccc([C@H](COC(N)=O)NC(=O)c2cnc(N3C[C@@H](Oc4ccc(Cl)cn4)C[C@H]3COC(F)F)c(F)c2)cc1. The van der Waals surface area contributed by atoms with E-state index in [-0.39, 0.29) is 40.9 Å². The third-order valence-electron chi connectivity index (χ3n) is 6.85. The molecule has 0 bridgehead atoms. The molecule has 1 aliphatic rings. The maximum Gasteiger partial charge on any atom is 0.404 e. The summed E-state index contributed by atoms with van der Waals surface area (Å²) in [7, 11) is -3.49. The van der Waals surface area contributed by atoms with Gasteiger partial charge in [0.25, 0.3) is 5.91 Å². The Bertz CT molecular complexity index is 1600. The zero-order valence-corrected chi connectivity index (χ0v) is 25.3. The Morgan fingerprint density at radius 1 is 1.16 bits per heavy atom. The van der Waals surface area contributed by atoms with Crippen LogP contribution >= 0.6 is 11.6 Å². The molecule has 4 rings (SSSR count). The summed E-state index contributed by atoms with van der Waals surface area (Å²) < 4.78 is 80.6. The summed E-state index contributed by atoms with van der Waals surface area (Å²) in [5.41, 5.74) is 5.25. The molecule has 3 atom stereocenters. The summed E-state index contributed by atoms with van der Waals surface area (Å²) >= 11 is 5.85. The number of rotatable bonds is 13. The number of anilines is 1. The van der Waals surface area contributed by atoms with Gasteiger partial charge in [0, 0.05) is 24.9 Å². The number of nitrogens with one attached hydrogen (secondary N) is 1. The quantitative estimate of drug-likeness (QED) is 0.273. The van der Waals surface area contributed by atoms with Gasteiger partial charge >= 0.3 is 12.7 Å². The van der Waals surface area contributed by atoms with Gasteiger partial charge in [0.15, 0.2) is 21.5 Å². The maximum absolute atomic E-state index is 15.5. The zero-order valence-electron chi connectivity index (χ0n) is 23.7. The smallest absolute Gasteiger partial charge is 0.404 e. The van der Waals surface area contributed by atoms with Crippen LogP contribution in [0.1, 0.15) is 35.3 Å². The first-order valence-corrected chi connectivity index (χ1v) is 15.5. The molecule has 0 saturated carbocycles. The van der Waals surface area contributed by atoms with Crippen LogP contribution in [0.15, 0.2) is 59.8 Å². The van der Waals surface area contributed by atoms with Crippen LogP contribution in [-0.4, -0.2) is 74.7 Å². The average Bonchev–Trinajstić information content (AvgIpc) is 3.41. The van der Waals surface area contributed by atoms with Crippen LogP contribution in [0, 0.1) is 5.82 Å². The van der Waals surface area contributed by atoms with Crippen molar-refractivity contribution < 1.29 is 45.4 Å². The first kappa shape index (κ1) is 33.7. The van der Waals surface area contributed by atoms with Gasteiger partial charge in [-0.15, -0.1) is 0 Å². The van der Waals surface area contributed by atoms with Gasteiger partial charge in [0.2, 0.25) is 5.88 Å². The highest BCUT2D eigenvalue weighted by Gasteiger charge is 2.37. The number of halogens is 4. The molecule has 3 aromatic rings. The number of nitrogens with two attached hydrogens (primary N) is 1. The molecule has 3 N–H and O–H groups in total. The molecular formula is C28H29ClF3N5O7S. The Balaban J connectivity index is 1.52. The number of aromatic nitrogens is 2. The highest BCUT2D eigenvalue weighted by atomic mass is 35.5. The number of hydrogen-bond acceptors (Lipinski definition) is 10. The minimum Gasteiger partial charge on any atom is -0.472 e. The Labute approximate surface area is 261 Å². The third-order valence-corrected chi connectivity index (χ3v) is 8.83. The number of amides is 2. The molecule has 0 spiro atoms. The second kappa shape index (κ2) is 14.8. The lowest BCUT2D eigenvalue weighted by Gasteiger charge is -2.25. The number of ether oxygens (including phenoxy) is 3. The molecule has 2 amide bonds. The van der Waals surface area contributed by atoms with Crippen LogP contribution in [0.5, 0.6) is 5.88 Å². The fourth-order valence-corrected chi connectivity index (χ4v) is 5.63. The predicted octanol–water partition coefficient (Wildman–Crippen LogP) is 3.89. The fourth-order valence-electron chi connectivity index (χ4n) is 4.63. The lowest BCUT2D eigenvalue weighted by Crippen LogP contribution is -2.36. The predicted molar refractivity (Wildman–Crippen MR) is 155 cm³/mol. The van der Waals surface area contributed by atoms with Crippen molar-refractivity contribution in [2.24, 2.45) is 5.73 Å². The lowest BCUT2D eigenvalue weighted by molar-refractivity contribution is -0.131. The van der Waals surface area contributed by atoms with Crippen LogP contribution in [0.25, 0.3) is 0 Å². The second-order valence-corrected chi connectivity index (χ2v) is 12.6. The topological polar surface area (TPSA) is 163 Å². The third kappa shape index (κ3) is 8.95. The molecule has 1 aromatic carbocycles. The molecule has 0 radical (unpaired) electrons. The first-order chi connectivity index (χ1) is 21.4. The standard InChI is InChI=1S/C28H29ClF3N5O7S/c1-2-45(40,41)21-6-3-16(4-7-21)23(15-43-28(33)39)36-26(38)17-9-22(30)25(35-11-17)37-13-20(10-19(37)14-42-27(31)32)44-24-8-5-18(29)12-34-24/h3-9,11-12,19-20,23,27H,2,10,13-15H2,1H3,(H2,33,39)(H,36,38)/t19-,20-,23-/m0/s1. The van der Waals surface area contributed by atoms with E-state index in [0.29, 0.717) is 10.6 Å². The molecule has 242 valence electrons. The van der Waals surface area contributed by atoms with Gasteiger partial charge in [-0.2, -0.15) is 8.78 Å². The highest BCUT2D eigenvalue weighted by Crippen LogP contribution is 2.30. The minimum atomic E-state index is -3.49. The molecule has 12 nitrogen and oxygen atoms in total. The number of pyridine rings is 2. The molecule has 1 saturated heterocycles. The Hall–Kier alpha value is -4.15. The molecule has 0 aliphatic carbocycles. The molecule has 0 unspecified atom stereocenters. The Kier molecular flexibility index (Phi) is 11.1. The molecule has 2 aromatic heterocycles. The largest absolute Gasteiger partial charge is 0.472 e. The maximum atomic E-state index is 15.5. The summed E-state index contributed by atoms with van der Waals surface area (Å²) in [6.45, 7) is -2.36. The molecule has 3 heterocycles. The number of nitrogens with zero attached hydrogens (tertiary/aromatic N) is 3. The van der Waals surface area contributed by atoms with Gasteiger partial charge in [-0.1, -0.05) is 30.7 Å². The van der Waals surface area contributed by atoms with Crippen LogP contribution in [-0.2, 0) is 19.3 Å². The number of sulfone groups is 1. The van der Waals surface area contributed by atoms with Gasteiger partial charge in [0.05, 0.1) is 46.5 Å². The molecule has 45 heavy (non-hydrogen) atoms. The van der Waals surface area contributed by atoms with Crippen molar-refractivity contribution in [3.63, 3.8) is 0 Å².